The van der Waals surface area contributed by atoms with Crippen molar-refractivity contribution in [3.63, 3.8) is 0 Å². The summed E-state index contributed by atoms with van der Waals surface area (Å²) in [6, 6.07) is 2.40. The zero-order valence-electron chi connectivity index (χ0n) is 18.1. The molecule has 16 heteroatoms. The summed E-state index contributed by atoms with van der Waals surface area (Å²) in [5, 5.41) is 19.4. The summed E-state index contributed by atoms with van der Waals surface area (Å²) in [4.78, 5) is 23.7. The van der Waals surface area contributed by atoms with E-state index < -0.39 is 42.5 Å². The van der Waals surface area contributed by atoms with E-state index in [-0.39, 0.29) is 36.5 Å². The van der Waals surface area contributed by atoms with E-state index in [0.717, 1.165) is 18.2 Å². The average Bonchev–Trinajstić information content (AvgIpc) is 3.46. The van der Waals surface area contributed by atoms with Crippen LogP contribution in [0, 0.1) is 5.82 Å². The Bertz CT molecular complexity index is 1180. The largest absolute Gasteiger partial charge is 0.573 e. The minimum atomic E-state index is -4.95. The predicted molar refractivity (Wildman–Crippen MR) is 107 cm³/mol. The van der Waals surface area contributed by atoms with Gasteiger partial charge in [-0.25, -0.2) is 13.5 Å². The first-order chi connectivity index (χ1) is 16.5. The molecule has 0 radical (unpaired) electrons. The van der Waals surface area contributed by atoms with Gasteiger partial charge in [-0.3, -0.25) is 14.3 Å². The molecule has 0 spiro atoms. The second-order valence-electron chi connectivity index (χ2n) is 7.14. The van der Waals surface area contributed by atoms with Gasteiger partial charge in [-0.05, 0) is 18.2 Å². The molecule has 3 aromatic rings. The van der Waals surface area contributed by atoms with Gasteiger partial charge < -0.3 is 15.4 Å². The van der Waals surface area contributed by atoms with Gasteiger partial charge in [-0.1, -0.05) is 10.4 Å². The zero-order chi connectivity index (χ0) is 25.6. The number of aryl methyl sites for hydroxylation is 1. The number of hydrogen-bond donors (Lipinski definition) is 2. The van der Waals surface area contributed by atoms with Crippen molar-refractivity contribution in [3.05, 3.63) is 53.4 Å². The molecule has 2 aromatic heterocycles. The number of amides is 2. The lowest BCUT2D eigenvalue weighted by Gasteiger charge is -2.11. The summed E-state index contributed by atoms with van der Waals surface area (Å²) in [5.74, 6) is -2.69. The Labute approximate surface area is 194 Å². The van der Waals surface area contributed by atoms with Gasteiger partial charge in [0.05, 0.1) is 18.9 Å². The molecule has 2 amide bonds. The SMILES string of the molecule is CNC(=O)c1cn(CC(F)CCn2cc(C(=O)NCc3cc(OC(F)(F)F)ccc3F)nn2)nn1. The molecule has 2 heterocycles. The van der Waals surface area contributed by atoms with Crippen LogP contribution in [0.5, 0.6) is 5.75 Å². The summed E-state index contributed by atoms with van der Waals surface area (Å²) in [7, 11) is 1.43. The highest BCUT2D eigenvalue weighted by Crippen LogP contribution is 2.24. The Morgan fingerprint density at radius 2 is 1.74 bits per heavy atom. The van der Waals surface area contributed by atoms with Crippen molar-refractivity contribution >= 4 is 11.8 Å². The van der Waals surface area contributed by atoms with Crippen molar-refractivity contribution in [2.45, 2.75) is 38.6 Å². The minimum Gasteiger partial charge on any atom is -0.406 e. The van der Waals surface area contributed by atoms with Gasteiger partial charge >= 0.3 is 6.36 Å². The maximum atomic E-state index is 14.3. The van der Waals surface area contributed by atoms with Crippen molar-refractivity contribution in [3.8, 4) is 5.75 Å². The maximum Gasteiger partial charge on any atom is 0.573 e. The number of rotatable bonds is 10. The van der Waals surface area contributed by atoms with E-state index in [0.29, 0.717) is 0 Å². The molecule has 11 nitrogen and oxygen atoms in total. The maximum absolute atomic E-state index is 14.3. The molecule has 0 aliphatic heterocycles. The Kier molecular flexibility index (Phi) is 7.93. The molecule has 0 aliphatic rings. The molecule has 0 saturated heterocycles. The fourth-order valence-electron chi connectivity index (χ4n) is 2.85. The topological polar surface area (TPSA) is 129 Å². The van der Waals surface area contributed by atoms with Crippen LogP contribution in [-0.2, 0) is 19.6 Å². The van der Waals surface area contributed by atoms with Crippen molar-refractivity contribution in [1.29, 1.82) is 0 Å². The summed E-state index contributed by atoms with van der Waals surface area (Å²) >= 11 is 0. The first kappa shape index (κ1) is 25.5. The monoisotopic (exact) mass is 502 g/mol. The molecular weight excluding hydrogens is 483 g/mol. The Hall–Kier alpha value is -4.11. The Balaban J connectivity index is 1.49. The molecule has 0 fully saturated rings. The predicted octanol–water partition coefficient (Wildman–Crippen LogP) is 1.63. The van der Waals surface area contributed by atoms with Crippen molar-refractivity contribution < 1.29 is 36.3 Å². The van der Waals surface area contributed by atoms with Crippen LogP contribution in [0.4, 0.5) is 22.0 Å². The lowest BCUT2D eigenvalue weighted by Crippen LogP contribution is -2.24. The molecule has 1 aromatic carbocycles. The smallest absolute Gasteiger partial charge is 0.406 e. The first-order valence-electron chi connectivity index (χ1n) is 10.0. The molecule has 3 rings (SSSR count). The van der Waals surface area contributed by atoms with Crippen LogP contribution >= 0.6 is 0 Å². The van der Waals surface area contributed by atoms with Crippen LogP contribution in [0.25, 0.3) is 0 Å². The number of carbonyl (C=O) groups excluding carboxylic acids is 2. The average molecular weight is 502 g/mol. The Morgan fingerprint density at radius 3 is 2.43 bits per heavy atom. The van der Waals surface area contributed by atoms with Gasteiger partial charge in [0.2, 0.25) is 0 Å². The van der Waals surface area contributed by atoms with E-state index in [1.807, 2.05) is 0 Å². The van der Waals surface area contributed by atoms with Gasteiger partial charge in [0.1, 0.15) is 17.7 Å². The highest BCUT2D eigenvalue weighted by Gasteiger charge is 2.31. The van der Waals surface area contributed by atoms with Gasteiger partial charge in [-0.2, -0.15) is 0 Å². The zero-order valence-corrected chi connectivity index (χ0v) is 18.1. The fourth-order valence-corrected chi connectivity index (χ4v) is 2.85. The number of alkyl halides is 4. The molecule has 35 heavy (non-hydrogen) atoms. The quantitative estimate of drug-likeness (QED) is 0.403. The molecule has 0 saturated carbocycles. The van der Waals surface area contributed by atoms with E-state index in [1.165, 1.54) is 28.8 Å². The van der Waals surface area contributed by atoms with Crippen LogP contribution < -0.4 is 15.4 Å². The van der Waals surface area contributed by atoms with E-state index in [4.69, 9.17) is 0 Å². The highest BCUT2D eigenvalue weighted by atomic mass is 19.4. The van der Waals surface area contributed by atoms with Crippen LogP contribution in [0.1, 0.15) is 33.0 Å². The number of nitrogens with zero attached hydrogens (tertiary/aromatic N) is 6. The van der Waals surface area contributed by atoms with Crippen molar-refractivity contribution in [2.75, 3.05) is 7.05 Å². The molecule has 1 atom stereocenters. The fraction of sp³-hybridized carbons (Fsp3) is 0.368. The summed E-state index contributed by atoms with van der Waals surface area (Å²) in [6.45, 7) is -0.534. The normalized spacial score (nSPS) is 12.3. The Morgan fingerprint density at radius 1 is 1.09 bits per heavy atom. The molecule has 188 valence electrons. The van der Waals surface area contributed by atoms with Crippen molar-refractivity contribution in [2.24, 2.45) is 0 Å². The molecule has 0 bridgehead atoms. The first-order valence-corrected chi connectivity index (χ1v) is 10.0. The highest BCUT2D eigenvalue weighted by molar-refractivity contribution is 5.92. The van der Waals surface area contributed by atoms with Crippen LogP contribution in [-0.4, -0.2) is 61.4 Å². The number of nitrogens with one attached hydrogen (secondary N) is 2. The number of halogens is 5. The number of benzene rings is 1. The standard InChI is InChI=1S/C19H19F5N8O3/c1-25-17(33)15-10-32(30-27-15)8-12(20)4-5-31-9-16(28-29-31)18(34)26-7-11-6-13(2-3-14(11)21)35-19(22,23)24/h2-3,6,9-10,12H,4-5,7-8H2,1H3,(H,25,33)(H,26,34). The molecule has 0 aliphatic carbocycles. The van der Waals surface area contributed by atoms with Gasteiger partial charge in [0.15, 0.2) is 11.4 Å². The third-order valence-corrected chi connectivity index (χ3v) is 4.52. The number of carbonyl (C=O) groups is 2. The second kappa shape index (κ2) is 10.9. The third-order valence-electron chi connectivity index (χ3n) is 4.52. The molecule has 2 N–H and O–H groups in total. The minimum absolute atomic E-state index is 0.0171. The van der Waals surface area contributed by atoms with E-state index in [2.05, 4.69) is 36.0 Å². The third kappa shape index (κ3) is 7.44. The van der Waals surface area contributed by atoms with Crippen LogP contribution in [0.2, 0.25) is 0 Å². The summed E-state index contributed by atoms with van der Waals surface area (Å²) < 4.78 is 71.3. The van der Waals surface area contributed by atoms with Crippen LogP contribution in [0.15, 0.2) is 30.6 Å². The molecule has 1 unspecified atom stereocenters. The lowest BCUT2D eigenvalue weighted by atomic mass is 10.2. The van der Waals surface area contributed by atoms with E-state index in [9.17, 15) is 31.5 Å². The lowest BCUT2D eigenvalue weighted by molar-refractivity contribution is -0.274. The van der Waals surface area contributed by atoms with Gasteiger partial charge in [0, 0.05) is 32.1 Å². The van der Waals surface area contributed by atoms with Crippen molar-refractivity contribution in [1.82, 2.24) is 40.6 Å². The number of ether oxygens (including phenoxy) is 1. The van der Waals surface area contributed by atoms with Gasteiger partial charge in [-0.15, -0.1) is 23.4 Å². The van der Waals surface area contributed by atoms with E-state index in [1.54, 1.807) is 0 Å². The molecular formula is C19H19F5N8O3. The summed E-state index contributed by atoms with van der Waals surface area (Å²) in [6.07, 6.45) is -3.79. The van der Waals surface area contributed by atoms with Gasteiger partial charge in [0.25, 0.3) is 11.8 Å². The van der Waals surface area contributed by atoms with Crippen LogP contribution in [0.3, 0.4) is 0 Å². The second-order valence-corrected chi connectivity index (χ2v) is 7.14. The number of hydrogen-bond acceptors (Lipinski definition) is 7. The number of aromatic nitrogens is 6. The van der Waals surface area contributed by atoms with E-state index >= 15 is 0 Å². The summed E-state index contributed by atoms with van der Waals surface area (Å²) in [5.41, 5.74) is -0.346.